The van der Waals surface area contributed by atoms with Gasteiger partial charge in [-0.25, -0.2) is 0 Å². The first-order valence-electron chi connectivity index (χ1n) is 6.29. The summed E-state index contributed by atoms with van der Waals surface area (Å²) in [4.78, 5) is 4.09. The molecule has 0 saturated carbocycles. The summed E-state index contributed by atoms with van der Waals surface area (Å²) < 4.78 is 10.6. The highest BCUT2D eigenvalue weighted by Gasteiger charge is 2.16. The van der Waals surface area contributed by atoms with Crippen molar-refractivity contribution in [1.82, 2.24) is 4.98 Å². The zero-order valence-electron chi connectivity index (χ0n) is 11.8. The second kappa shape index (κ2) is 6.43. The molecule has 2 aromatic rings. The molecule has 0 atom stereocenters. The first kappa shape index (κ1) is 15.1. The number of aliphatic hydroxyl groups is 2. The maximum Gasteiger partial charge on any atom is 0.134 e. The van der Waals surface area contributed by atoms with E-state index in [1.54, 1.807) is 12.1 Å². The summed E-state index contributed by atoms with van der Waals surface area (Å²) in [6.45, 7) is -0.493. The molecule has 1 heterocycles. The number of aromatic nitrogens is 1. The van der Waals surface area contributed by atoms with Crippen LogP contribution in [-0.2, 0) is 13.2 Å². The van der Waals surface area contributed by atoms with Crippen LogP contribution in [0.25, 0.3) is 11.1 Å². The number of rotatable bonds is 5. The number of pyridine rings is 1. The SMILES string of the molecule is COc1cc(O)cc(OC)c1-c1cc(CO)nc(CO)c1. The van der Waals surface area contributed by atoms with E-state index in [-0.39, 0.29) is 19.0 Å². The van der Waals surface area contributed by atoms with Gasteiger partial charge in [0.1, 0.15) is 17.2 Å². The Morgan fingerprint density at radius 2 is 1.38 bits per heavy atom. The molecule has 0 saturated heterocycles. The zero-order valence-corrected chi connectivity index (χ0v) is 11.8. The van der Waals surface area contributed by atoms with Crippen LogP contribution in [0.15, 0.2) is 24.3 Å². The molecular weight excluding hydrogens is 274 g/mol. The molecular formula is C15H17NO5. The van der Waals surface area contributed by atoms with E-state index in [1.807, 2.05) is 0 Å². The van der Waals surface area contributed by atoms with Gasteiger partial charge in [-0.15, -0.1) is 0 Å². The Bertz CT molecular complexity index is 595. The van der Waals surface area contributed by atoms with Crippen LogP contribution in [0.4, 0.5) is 0 Å². The van der Waals surface area contributed by atoms with Crippen LogP contribution in [0.2, 0.25) is 0 Å². The number of methoxy groups -OCH3 is 2. The van der Waals surface area contributed by atoms with E-state index < -0.39 is 0 Å². The number of ether oxygens (including phenoxy) is 2. The quantitative estimate of drug-likeness (QED) is 0.772. The third-order valence-electron chi connectivity index (χ3n) is 3.03. The third-order valence-corrected chi connectivity index (χ3v) is 3.03. The third kappa shape index (κ3) is 3.07. The summed E-state index contributed by atoms with van der Waals surface area (Å²) in [6.07, 6.45) is 0. The Morgan fingerprint density at radius 3 is 1.76 bits per heavy atom. The minimum atomic E-state index is -0.246. The van der Waals surface area contributed by atoms with Crippen molar-refractivity contribution in [2.75, 3.05) is 14.2 Å². The van der Waals surface area contributed by atoms with Crippen molar-refractivity contribution in [3.05, 3.63) is 35.7 Å². The van der Waals surface area contributed by atoms with Gasteiger partial charge in [0.2, 0.25) is 0 Å². The van der Waals surface area contributed by atoms with Gasteiger partial charge in [-0.1, -0.05) is 0 Å². The maximum atomic E-state index is 9.68. The van der Waals surface area contributed by atoms with Crippen molar-refractivity contribution >= 4 is 0 Å². The van der Waals surface area contributed by atoms with Crippen molar-refractivity contribution < 1.29 is 24.8 Å². The molecule has 6 nitrogen and oxygen atoms in total. The highest BCUT2D eigenvalue weighted by atomic mass is 16.5. The molecule has 0 bridgehead atoms. The fourth-order valence-corrected chi connectivity index (χ4v) is 2.14. The number of aromatic hydroxyl groups is 1. The number of benzene rings is 1. The minimum Gasteiger partial charge on any atom is -0.508 e. The second-order valence-corrected chi connectivity index (χ2v) is 4.38. The van der Waals surface area contributed by atoms with Gasteiger partial charge in [0.15, 0.2) is 0 Å². The van der Waals surface area contributed by atoms with Crippen LogP contribution >= 0.6 is 0 Å². The monoisotopic (exact) mass is 291 g/mol. The highest BCUT2D eigenvalue weighted by molar-refractivity contribution is 5.78. The molecule has 2 rings (SSSR count). The van der Waals surface area contributed by atoms with E-state index in [9.17, 15) is 15.3 Å². The molecule has 112 valence electrons. The highest BCUT2D eigenvalue weighted by Crippen LogP contribution is 2.41. The molecule has 1 aromatic carbocycles. The predicted molar refractivity (Wildman–Crippen MR) is 76.3 cm³/mol. The van der Waals surface area contributed by atoms with E-state index in [0.29, 0.717) is 34.0 Å². The summed E-state index contributed by atoms with van der Waals surface area (Å²) >= 11 is 0. The van der Waals surface area contributed by atoms with E-state index in [1.165, 1.54) is 26.4 Å². The summed E-state index contributed by atoms with van der Waals surface area (Å²) in [5.41, 5.74) is 2.14. The van der Waals surface area contributed by atoms with Gasteiger partial charge >= 0.3 is 0 Å². The lowest BCUT2D eigenvalue weighted by atomic mass is 10.0. The molecule has 3 N–H and O–H groups in total. The van der Waals surface area contributed by atoms with Crippen LogP contribution in [0.5, 0.6) is 17.2 Å². The average molecular weight is 291 g/mol. The fourth-order valence-electron chi connectivity index (χ4n) is 2.14. The van der Waals surface area contributed by atoms with E-state index >= 15 is 0 Å². The van der Waals surface area contributed by atoms with Crippen molar-refractivity contribution in [2.45, 2.75) is 13.2 Å². The van der Waals surface area contributed by atoms with Gasteiger partial charge in [-0.05, 0) is 17.7 Å². The molecule has 0 aliphatic rings. The standard InChI is InChI=1S/C15H17NO5/c1-20-13-5-12(19)6-14(21-2)15(13)9-3-10(7-17)16-11(4-9)8-18/h3-6,17-19H,7-8H2,1-2H3. The molecule has 0 fully saturated rings. The Kier molecular flexibility index (Phi) is 4.62. The lowest BCUT2D eigenvalue weighted by molar-refractivity contribution is 0.265. The molecule has 0 unspecified atom stereocenters. The van der Waals surface area contributed by atoms with E-state index in [4.69, 9.17) is 9.47 Å². The van der Waals surface area contributed by atoms with E-state index in [0.717, 1.165) is 0 Å². The van der Waals surface area contributed by atoms with Gasteiger partial charge in [0.25, 0.3) is 0 Å². The Balaban J connectivity index is 2.70. The largest absolute Gasteiger partial charge is 0.508 e. The summed E-state index contributed by atoms with van der Waals surface area (Å²) in [7, 11) is 2.97. The maximum absolute atomic E-state index is 9.68. The lowest BCUT2D eigenvalue weighted by Gasteiger charge is -2.15. The summed E-state index contributed by atoms with van der Waals surface area (Å²) in [5.74, 6) is 0.864. The normalized spacial score (nSPS) is 10.5. The zero-order chi connectivity index (χ0) is 15.4. The molecule has 0 spiro atoms. The van der Waals surface area contributed by atoms with Crippen molar-refractivity contribution in [3.63, 3.8) is 0 Å². The van der Waals surface area contributed by atoms with Crippen molar-refractivity contribution in [1.29, 1.82) is 0 Å². The van der Waals surface area contributed by atoms with Gasteiger partial charge in [0.05, 0.1) is 44.4 Å². The lowest BCUT2D eigenvalue weighted by Crippen LogP contribution is -1.99. The minimum absolute atomic E-state index is 0.0197. The van der Waals surface area contributed by atoms with Gasteiger partial charge < -0.3 is 24.8 Å². The number of phenols is 1. The molecule has 0 radical (unpaired) electrons. The number of hydrogen-bond acceptors (Lipinski definition) is 6. The molecule has 21 heavy (non-hydrogen) atoms. The first-order valence-corrected chi connectivity index (χ1v) is 6.29. The molecule has 1 aromatic heterocycles. The molecule has 0 aliphatic carbocycles. The number of phenolic OH excluding ortho intramolecular Hbond substituents is 1. The predicted octanol–water partition coefficient (Wildman–Crippen LogP) is 1.46. The topological polar surface area (TPSA) is 92.0 Å². The van der Waals surface area contributed by atoms with E-state index in [2.05, 4.69) is 4.98 Å². The second-order valence-electron chi connectivity index (χ2n) is 4.38. The van der Waals surface area contributed by atoms with Crippen LogP contribution in [0, 0.1) is 0 Å². The Morgan fingerprint density at radius 1 is 0.905 bits per heavy atom. The smallest absolute Gasteiger partial charge is 0.134 e. The van der Waals surface area contributed by atoms with Gasteiger partial charge in [-0.3, -0.25) is 4.98 Å². The number of hydrogen-bond donors (Lipinski definition) is 3. The fraction of sp³-hybridized carbons (Fsp3) is 0.267. The number of aliphatic hydroxyl groups excluding tert-OH is 2. The summed E-state index contributed by atoms with van der Waals surface area (Å²) in [5, 5.41) is 28.2. The Labute approximate surface area is 122 Å². The van der Waals surface area contributed by atoms with Crippen LogP contribution < -0.4 is 9.47 Å². The Hall–Kier alpha value is -2.31. The van der Waals surface area contributed by atoms with Crippen LogP contribution in [0.1, 0.15) is 11.4 Å². The molecule has 6 heteroatoms. The van der Waals surface area contributed by atoms with Crippen LogP contribution in [0.3, 0.4) is 0 Å². The van der Waals surface area contributed by atoms with Crippen molar-refractivity contribution in [2.24, 2.45) is 0 Å². The van der Waals surface area contributed by atoms with Gasteiger partial charge in [0, 0.05) is 12.1 Å². The first-order chi connectivity index (χ1) is 10.1. The molecule has 0 amide bonds. The summed E-state index contributed by atoms with van der Waals surface area (Å²) in [6, 6.07) is 6.29. The van der Waals surface area contributed by atoms with Gasteiger partial charge in [-0.2, -0.15) is 0 Å². The van der Waals surface area contributed by atoms with Crippen LogP contribution in [-0.4, -0.2) is 34.5 Å². The number of nitrogens with zero attached hydrogens (tertiary/aromatic N) is 1. The average Bonchev–Trinajstić information content (AvgIpc) is 2.52. The van der Waals surface area contributed by atoms with Crippen molar-refractivity contribution in [3.8, 4) is 28.4 Å². The molecule has 0 aliphatic heterocycles.